The first kappa shape index (κ1) is 17.8. The highest BCUT2D eigenvalue weighted by Gasteiger charge is 2.49. The fourth-order valence-corrected chi connectivity index (χ4v) is 4.50. The lowest BCUT2D eigenvalue weighted by atomic mass is 9.89. The number of halogens is 1. The first-order valence-electron chi connectivity index (χ1n) is 9.35. The van der Waals surface area contributed by atoms with Crippen molar-refractivity contribution in [2.45, 2.75) is 13.0 Å². The van der Waals surface area contributed by atoms with Crippen LogP contribution < -0.4 is 4.90 Å². The fourth-order valence-electron chi connectivity index (χ4n) is 4.50. The number of aryl methyl sites for hydroxylation is 1. The molecule has 142 valence electrons. The number of pyridine rings is 1. The summed E-state index contributed by atoms with van der Waals surface area (Å²) in [6, 6.07) is 10.6. The minimum Gasteiger partial charge on any atom is -0.356 e. The molecule has 0 saturated carbocycles. The van der Waals surface area contributed by atoms with E-state index in [2.05, 4.69) is 22.9 Å². The van der Waals surface area contributed by atoms with Crippen LogP contribution in [-0.2, 0) is 0 Å². The Labute approximate surface area is 159 Å². The number of urea groups is 1. The van der Waals surface area contributed by atoms with Crippen molar-refractivity contribution in [3.8, 4) is 0 Å². The summed E-state index contributed by atoms with van der Waals surface area (Å²) in [5.74, 6) is 1.33. The fraction of sp³-hybridized carbons (Fsp3) is 0.429. The molecule has 5 nitrogen and oxygen atoms in total. The van der Waals surface area contributed by atoms with Crippen molar-refractivity contribution in [1.82, 2.24) is 14.8 Å². The van der Waals surface area contributed by atoms with Crippen LogP contribution in [0.3, 0.4) is 0 Å². The van der Waals surface area contributed by atoms with Crippen LogP contribution in [0, 0.1) is 24.6 Å². The van der Waals surface area contributed by atoms with Gasteiger partial charge in [-0.15, -0.1) is 0 Å². The van der Waals surface area contributed by atoms with E-state index in [1.807, 2.05) is 23.2 Å². The van der Waals surface area contributed by atoms with Gasteiger partial charge in [-0.1, -0.05) is 12.1 Å². The number of fused-ring (bicyclic) bond motifs is 1. The molecule has 2 aliphatic heterocycles. The van der Waals surface area contributed by atoms with Crippen molar-refractivity contribution in [2.75, 3.05) is 38.6 Å². The summed E-state index contributed by atoms with van der Waals surface area (Å²) in [6.45, 7) is 4.43. The van der Waals surface area contributed by atoms with E-state index < -0.39 is 0 Å². The predicted octanol–water partition coefficient (Wildman–Crippen LogP) is 3.32. The molecule has 27 heavy (non-hydrogen) atoms. The van der Waals surface area contributed by atoms with Gasteiger partial charge in [-0.2, -0.15) is 0 Å². The summed E-state index contributed by atoms with van der Waals surface area (Å²) in [4.78, 5) is 23.1. The second-order valence-electron chi connectivity index (χ2n) is 7.85. The largest absolute Gasteiger partial charge is 0.356 e. The minimum absolute atomic E-state index is 0.0149. The molecule has 0 radical (unpaired) electrons. The Morgan fingerprint density at radius 1 is 1.19 bits per heavy atom. The molecule has 2 aliphatic rings. The number of hydrogen-bond donors (Lipinski definition) is 0. The second kappa shape index (κ2) is 6.83. The van der Waals surface area contributed by atoms with Crippen LogP contribution in [0.25, 0.3) is 0 Å². The van der Waals surface area contributed by atoms with E-state index in [9.17, 15) is 9.18 Å². The Morgan fingerprint density at radius 3 is 2.70 bits per heavy atom. The van der Waals surface area contributed by atoms with Crippen molar-refractivity contribution in [3.05, 3.63) is 59.5 Å². The zero-order valence-electron chi connectivity index (χ0n) is 16.0. The molecule has 2 fully saturated rings. The Kier molecular flexibility index (Phi) is 4.50. The van der Waals surface area contributed by atoms with Gasteiger partial charge in [0.1, 0.15) is 11.6 Å². The van der Waals surface area contributed by atoms with Crippen molar-refractivity contribution < 1.29 is 9.18 Å². The van der Waals surface area contributed by atoms with Crippen molar-refractivity contribution in [1.29, 1.82) is 0 Å². The predicted molar refractivity (Wildman–Crippen MR) is 103 cm³/mol. The van der Waals surface area contributed by atoms with E-state index >= 15 is 0 Å². The molecule has 6 heteroatoms. The van der Waals surface area contributed by atoms with E-state index in [0.29, 0.717) is 12.5 Å². The summed E-state index contributed by atoms with van der Waals surface area (Å²) >= 11 is 0. The third-order valence-electron chi connectivity index (χ3n) is 5.71. The highest BCUT2D eigenvalue weighted by Crippen LogP contribution is 2.46. The van der Waals surface area contributed by atoms with Crippen LogP contribution >= 0.6 is 0 Å². The molecular weight excluding hydrogens is 343 g/mol. The van der Waals surface area contributed by atoms with E-state index in [1.165, 1.54) is 11.6 Å². The van der Waals surface area contributed by atoms with Gasteiger partial charge in [0.25, 0.3) is 0 Å². The van der Waals surface area contributed by atoms with Crippen LogP contribution in [0.1, 0.15) is 17.2 Å². The number of carbonyl (C=O) groups excluding carboxylic acids is 1. The van der Waals surface area contributed by atoms with Gasteiger partial charge in [0.2, 0.25) is 0 Å². The first-order valence-corrected chi connectivity index (χ1v) is 9.35. The molecule has 4 rings (SSSR count). The first-order chi connectivity index (χ1) is 12.9. The van der Waals surface area contributed by atoms with Crippen molar-refractivity contribution in [2.24, 2.45) is 11.8 Å². The van der Waals surface area contributed by atoms with Crippen LogP contribution in [0.4, 0.5) is 15.0 Å². The lowest BCUT2D eigenvalue weighted by Gasteiger charge is -2.32. The topological polar surface area (TPSA) is 39.7 Å². The maximum Gasteiger partial charge on any atom is 0.320 e. The lowest BCUT2D eigenvalue weighted by molar-refractivity contribution is 0.159. The molecule has 0 aliphatic carbocycles. The molecule has 0 N–H and O–H groups in total. The average Bonchev–Trinajstić information content (AvgIpc) is 3.18. The summed E-state index contributed by atoms with van der Waals surface area (Å²) in [5, 5.41) is 0. The Morgan fingerprint density at radius 2 is 2.00 bits per heavy atom. The molecule has 1 aromatic carbocycles. The summed E-state index contributed by atoms with van der Waals surface area (Å²) < 4.78 is 13.9. The van der Waals surface area contributed by atoms with E-state index in [4.69, 9.17) is 0 Å². The highest BCUT2D eigenvalue weighted by atomic mass is 19.1. The van der Waals surface area contributed by atoms with Crippen LogP contribution in [0.5, 0.6) is 0 Å². The number of likely N-dealkylation sites (tertiary alicyclic amines) is 1. The number of hydrogen-bond acceptors (Lipinski definition) is 3. The number of benzene rings is 1. The maximum absolute atomic E-state index is 13.9. The molecule has 0 spiro atoms. The maximum atomic E-state index is 13.9. The number of rotatable bonds is 2. The van der Waals surface area contributed by atoms with Gasteiger partial charge in [-0.25, -0.2) is 14.2 Å². The van der Waals surface area contributed by atoms with Gasteiger partial charge in [0.05, 0.1) is 6.04 Å². The molecule has 3 heterocycles. The third kappa shape index (κ3) is 3.24. The highest BCUT2D eigenvalue weighted by molar-refractivity contribution is 5.75. The summed E-state index contributed by atoms with van der Waals surface area (Å²) in [5.41, 5.74) is 2.06. The van der Waals surface area contributed by atoms with Crippen LogP contribution in [-0.4, -0.2) is 54.5 Å². The summed E-state index contributed by atoms with van der Waals surface area (Å²) in [6.07, 6.45) is 1.84. The van der Waals surface area contributed by atoms with E-state index in [0.717, 1.165) is 24.5 Å². The van der Waals surface area contributed by atoms with Crippen molar-refractivity contribution >= 4 is 11.8 Å². The van der Waals surface area contributed by atoms with Gasteiger partial charge >= 0.3 is 6.03 Å². The molecule has 2 aromatic rings. The van der Waals surface area contributed by atoms with Crippen LogP contribution in [0.15, 0.2) is 42.6 Å². The number of carbonyl (C=O) groups is 1. The van der Waals surface area contributed by atoms with E-state index in [-0.39, 0.29) is 23.8 Å². The number of aromatic nitrogens is 1. The Bertz CT molecular complexity index is 856. The zero-order valence-corrected chi connectivity index (χ0v) is 16.0. The van der Waals surface area contributed by atoms with Gasteiger partial charge in [0.15, 0.2) is 0 Å². The second-order valence-corrected chi connectivity index (χ2v) is 7.85. The van der Waals surface area contributed by atoms with Gasteiger partial charge < -0.3 is 14.7 Å². The minimum atomic E-state index is -0.261. The molecule has 2 saturated heterocycles. The van der Waals surface area contributed by atoms with Gasteiger partial charge in [-0.05, 0) is 42.3 Å². The molecule has 1 aromatic heterocycles. The zero-order chi connectivity index (χ0) is 19.1. The number of anilines is 1. The standard InChI is InChI=1S/C21H25FN4O/c1-14-7-8-23-19(9-14)25-11-16-12-26(21(27)24(2)3)20(18(16)13-25)15-5-4-6-17(22)10-15/h4-10,16,18,20H,11-13H2,1-3H3/t16-,18-,20+/m1/s1. The average molecular weight is 368 g/mol. The molecule has 3 atom stereocenters. The molecule has 0 unspecified atom stereocenters. The smallest absolute Gasteiger partial charge is 0.320 e. The van der Waals surface area contributed by atoms with Crippen molar-refractivity contribution in [3.63, 3.8) is 0 Å². The quantitative estimate of drug-likeness (QED) is 0.816. The molecular formula is C21H25FN4O. The van der Waals surface area contributed by atoms with E-state index in [1.54, 1.807) is 31.1 Å². The normalized spacial score (nSPS) is 24.2. The Balaban J connectivity index is 1.65. The number of amides is 2. The molecule has 2 amide bonds. The van der Waals surface area contributed by atoms with Gasteiger partial charge in [0, 0.05) is 51.8 Å². The monoisotopic (exact) mass is 368 g/mol. The van der Waals surface area contributed by atoms with Crippen LogP contribution in [0.2, 0.25) is 0 Å². The SMILES string of the molecule is Cc1ccnc(N2C[C@@H]3CN(C(=O)N(C)C)[C@@H](c4cccc(F)c4)[C@@H]3C2)c1. The summed E-state index contributed by atoms with van der Waals surface area (Å²) in [7, 11) is 3.53. The number of nitrogens with zero attached hydrogens (tertiary/aromatic N) is 4. The van der Waals surface area contributed by atoms with Gasteiger partial charge in [-0.3, -0.25) is 0 Å². The third-order valence-corrected chi connectivity index (χ3v) is 5.71. The molecule has 0 bridgehead atoms. The Hall–Kier alpha value is -2.63. The lowest BCUT2D eigenvalue weighted by Crippen LogP contribution is -2.41.